The van der Waals surface area contributed by atoms with Gasteiger partial charge in [-0.25, -0.2) is 9.78 Å². The SMILES string of the molecule is CC1(C)OB(c2ccc3c(c2)CCc2cc(-c4ccc5nc(C6CCCN6C(=O)O)[nH]c5c4)ccc2-3)OC1(C)C. The molecule has 1 atom stereocenters. The largest absolute Gasteiger partial charge is 0.494 e. The third-order valence-corrected chi connectivity index (χ3v) is 9.36. The van der Waals surface area contributed by atoms with E-state index in [-0.39, 0.29) is 24.4 Å². The van der Waals surface area contributed by atoms with Crippen molar-refractivity contribution < 1.29 is 19.2 Å². The van der Waals surface area contributed by atoms with Crippen LogP contribution in [0.3, 0.4) is 0 Å². The number of nitrogens with zero attached hydrogens (tertiary/aromatic N) is 2. The minimum atomic E-state index is -0.886. The van der Waals surface area contributed by atoms with Gasteiger partial charge in [-0.15, -0.1) is 0 Å². The number of hydrogen-bond acceptors (Lipinski definition) is 4. The van der Waals surface area contributed by atoms with Gasteiger partial charge in [0.05, 0.1) is 28.3 Å². The van der Waals surface area contributed by atoms with Crippen LogP contribution in [0.1, 0.15) is 63.5 Å². The predicted molar refractivity (Wildman–Crippen MR) is 157 cm³/mol. The summed E-state index contributed by atoms with van der Waals surface area (Å²) in [6.45, 7) is 8.91. The molecule has 2 fully saturated rings. The zero-order valence-electron chi connectivity index (χ0n) is 23.5. The van der Waals surface area contributed by atoms with Crippen molar-refractivity contribution in [1.29, 1.82) is 0 Å². The van der Waals surface area contributed by atoms with Crippen LogP contribution in [-0.2, 0) is 22.2 Å². The molecule has 1 amide bonds. The smallest absolute Gasteiger partial charge is 0.465 e. The summed E-state index contributed by atoms with van der Waals surface area (Å²) in [5.41, 5.74) is 9.70. The van der Waals surface area contributed by atoms with E-state index < -0.39 is 6.09 Å². The summed E-state index contributed by atoms with van der Waals surface area (Å²) in [7, 11) is -0.349. The van der Waals surface area contributed by atoms with Gasteiger partial charge in [-0.1, -0.05) is 42.5 Å². The molecule has 2 N–H and O–H groups in total. The van der Waals surface area contributed by atoms with Crippen molar-refractivity contribution in [1.82, 2.24) is 14.9 Å². The number of aromatic amines is 1. The van der Waals surface area contributed by atoms with Crippen LogP contribution in [0.25, 0.3) is 33.3 Å². The highest BCUT2D eigenvalue weighted by atomic mass is 16.7. The lowest BCUT2D eigenvalue weighted by atomic mass is 9.75. The molecule has 3 heterocycles. The maximum atomic E-state index is 11.6. The van der Waals surface area contributed by atoms with Crippen molar-refractivity contribution in [3.8, 4) is 22.3 Å². The van der Waals surface area contributed by atoms with Gasteiger partial charge in [-0.3, -0.25) is 4.90 Å². The fourth-order valence-electron chi connectivity index (χ4n) is 6.37. The number of hydrogen-bond donors (Lipinski definition) is 2. The van der Waals surface area contributed by atoms with Crippen molar-refractivity contribution >= 4 is 29.7 Å². The second-order valence-electron chi connectivity index (χ2n) is 12.4. The number of likely N-dealkylation sites (tertiary alicyclic amines) is 1. The molecule has 0 spiro atoms. The first kappa shape index (κ1) is 25.4. The molecule has 8 heteroatoms. The third-order valence-electron chi connectivity index (χ3n) is 9.36. The lowest BCUT2D eigenvalue weighted by molar-refractivity contribution is 0.00578. The van der Waals surface area contributed by atoms with Crippen LogP contribution >= 0.6 is 0 Å². The summed E-state index contributed by atoms with van der Waals surface area (Å²) in [5.74, 6) is 0.731. The minimum Gasteiger partial charge on any atom is -0.465 e. The Morgan fingerprint density at radius 2 is 1.60 bits per heavy atom. The van der Waals surface area contributed by atoms with Crippen LogP contribution in [0.2, 0.25) is 0 Å². The molecule has 2 aliphatic heterocycles. The average molecular weight is 535 g/mol. The molecule has 7 rings (SSSR count). The normalized spacial score (nSPS) is 21.1. The van der Waals surface area contributed by atoms with Crippen molar-refractivity contribution in [3.05, 3.63) is 71.5 Å². The van der Waals surface area contributed by atoms with E-state index in [4.69, 9.17) is 14.3 Å². The standard InChI is InChI=1S/C32H34BN3O4/c1-31(2)32(3,4)40-33(39-31)23-11-13-25-22(17-23)8-7-21-16-19(9-12-24(21)25)20-10-14-26-27(18-20)35-29(34-26)28-6-5-15-36(28)30(37)38/h9-14,16-18,28H,5-8,15H2,1-4H3,(H,34,35)(H,37,38). The van der Waals surface area contributed by atoms with E-state index in [1.807, 2.05) is 6.07 Å². The molecule has 1 unspecified atom stereocenters. The van der Waals surface area contributed by atoms with E-state index >= 15 is 0 Å². The van der Waals surface area contributed by atoms with Gasteiger partial charge < -0.3 is 19.4 Å². The van der Waals surface area contributed by atoms with Gasteiger partial charge in [0.15, 0.2) is 0 Å². The monoisotopic (exact) mass is 535 g/mol. The zero-order valence-corrected chi connectivity index (χ0v) is 23.5. The molecule has 3 aromatic carbocycles. The summed E-state index contributed by atoms with van der Waals surface area (Å²) in [4.78, 5) is 21.3. The predicted octanol–water partition coefficient (Wildman–Crippen LogP) is 6.11. The van der Waals surface area contributed by atoms with E-state index in [9.17, 15) is 9.90 Å². The number of carboxylic acid groups (broad SMARTS) is 1. The van der Waals surface area contributed by atoms with Crippen LogP contribution in [0.5, 0.6) is 0 Å². The molecule has 204 valence electrons. The molecule has 40 heavy (non-hydrogen) atoms. The van der Waals surface area contributed by atoms with Gasteiger partial charge >= 0.3 is 13.2 Å². The number of fused-ring (bicyclic) bond motifs is 4. The molecule has 7 nitrogen and oxygen atoms in total. The van der Waals surface area contributed by atoms with E-state index in [0.29, 0.717) is 6.54 Å². The van der Waals surface area contributed by atoms with Crippen molar-refractivity contribution in [2.24, 2.45) is 0 Å². The molecule has 2 saturated heterocycles. The number of carbonyl (C=O) groups is 1. The Morgan fingerprint density at radius 1 is 0.950 bits per heavy atom. The Kier molecular flexibility index (Phi) is 5.67. The number of aryl methyl sites for hydroxylation is 2. The van der Waals surface area contributed by atoms with Crippen molar-refractivity contribution in [2.45, 2.75) is 70.6 Å². The number of nitrogens with one attached hydrogen (secondary N) is 1. The Balaban J connectivity index is 1.16. The quantitative estimate of drug-likeness (QED) is 0.309. The molecule has 0 bridgehead atoms. The second-order valence-corrected chi connectivity index (χ2v) is 12.4. The molecule has 0 saturated carbocycles. The zero-order chi connectivity index (χ0) is 27.8. The van der Waals surface area contributed by atoms with Gasteiger partial charge in [-0.2, -0.15) is 0 Å². The van der Waals surface area contributed by atoms with E-state index in [1.165, 1.54) is 32.7 Å². The van der Waals surface area contributed by atoms with Gasteiger partial charge in [0, 0.05) is 6.54 Å². The second kappa shape index (κ2) is 8.95. The van der Waals surface area contributed by atoms with Crippen LogP contribution < -0.4 is 5.46 Å². The Labute approximate surface area is 234 Å². The fourth-order valence-corrected chi connectivity index (χ4v) is 6.37. The topological polar surface area (TPSA) is 87.7 Å². The average Bonchev–Trinajstić information content (AvgIpc) is 3.63. The molecule has 0 radical (unpaired) electrons. The summed E-state index contributed by atoms with van der Waals surface area (Å²) in [5, 5.41) is 9.54. The lowest BCUT2D eigenvalue weighted by Gasteiger charge is -2.32. The fraction of sp³-hybridized carbons (Fsp3) is 0.375. The number of aromatic nitrogens is 2. The number of imidazole rings is 1. The summed E-state index contributed by atoms with van der Waals surface area (Å²) in [6.07, 6.45) is 2.72. The van der Waals surface area contributed by atoms with E-state index in [2.05, 4.69) is 81.2 Å². The number of amides is 1. The highest BCUT2D eigenvalue weighted by molar-refractivity contribution is 6.62. The first-order chi connectivity index (χ1) is 19.1. The Morgan fingerprint density at radius 3 is 2.33 bits per heavy atom. The van der Waals surface area contributed by atoms with Crippen molar-refractivity contribution in [3.63, 3.8) is 0 Å². The van der Waals surface area contributed by atoms with E-state index in [1.54, 1.807) is 0 Å². The Hall–Kier alpha value is -3.62. The summed E-state index contributed by atoms with van der Waals surface area (Å²) >= 11 is 0. The van der Waals surface area contributed by atoms with E-state index in [0.717, 1.165) is 53.6 Å². The molecular weight excluding hydrogens is 501 g/mol. The molecular formula is C32H34BN3O4. The molecule has 1 aliphatic carbocycles. The molecule has 3 aliphatic rings. The van der Waals surface area contributed by atoms with Gasteiger partial charge in [0.1, 0.15) is 5.82 Å². The van der Waals surface area contributed by atoms with Gasteiger partial charge in [-0.05, 0) is 104 Å². The Bertz CT molecular complexity index is 1640. The van der Waals surface area contributed by atoms with Crippen LogP contribution in [0.15, 0.2) is 54.6 Å². The lowest BCUT2D eigenvalue weighted by Crippen LogP contribution is -2.41. The minimum absolute atomic E-state index is 0.206. The highest BCUT2D eigenvalue weighted by Crippen LogP contribution is 2.39. The summed E-state index contributed by atoms with van der Waals surface area (Å²) in [6, 6.07) is 19.4. The first-order valence-electron chi connectivity index (χ1n) is 14.2. The van der Waals surface area contributed by atoms with Crippen molar-refractivity contribution in [2.75, 3.05) is 6.54 Å². The summed E-state index contributed by atoms with van der Waals surface area (Å²) < 4.78 is 12.6. The first-order valence-corrected chi connectivity index (χ1v) is 14.2. The molecule has 4 aromatic rings. The number of rotatable bonds is 3. The van der Waals surface area contributed by atoms with Gasteiger partial charge in [0.2, 0.25) is 0 Å². The number of benzene rings is 3. The maximum Gasteiger partial charge on any atom is 0.494 e. The third kappa shape index (κ3) is 4.04. The van der Waals surface area contributed by atoms with Crippen LogP contribution in [-0.4, -0.2) is 50.9 Å². The van der Waals surface area contributed by atoms with Crippen LogP contribution in [0, 0.1) is 0 Å². The number of H-pyrrole nitrogens is 1. The van der Waals surface area contributed by atoms with Crippen LogP contribution in [0.4, 0.5) is 4.79 Å². The molecule has 1 aromatic heterocycles. The highest BCUT2D eigenvalue weighted by Gasteiger charge is 2.51. The maximum absolute atomic E-state index is 11.6. The van der Waals surface area contributed by atoms with Gasteiger partial charge in [0.25, 0.3) is 0 Å².